The van der Waals surface area contributed by atoms with Crippen molar-refractivity contribution in [3.8, 4) is 0 Å². The topological polar surface area (TPSA) is 43.8 Å². The summed E-state index contributed by atoms with van der Waals surface area (Å²) >= 11 is 2.05. The van der Waals surface area contributed by atoms with Crippen LogP contribution < -0.4 is 5.73 Å². The maximum absolute atomic E-state index is 6.24. The molecule has 2 rings (SSSR count). The summed E-state index contributed by atoms with van der Waals surface area (Å²) < 4.78 is 2.10. The van der Waals surface area contributed by atoms with Crippen molar-refractivity contribution in [3.05, 3.63) is 17.7 Å². The normalized spacial score (nSPS) is 19.5. The molecule has 0 aromatic carbocycles. The van der Waals surface area contributed by atoms with Crippen LogP contribution in [0.1, 0.15) is 49.7 Å². The summed E-state index contributed by atoms with van der Waals surface area (Å²) in [5.41, 5.74) is 7.40. The Hall–Kier alpha value is -0.480. The highest BCUT2D eigenvalue weighted by Gasteiger charge is 2.17. The molecule has 0 spiro atoms. The molecule has 96 valence electrons. The maximum Gasteiger partial charge on any atom is 0.105 e. The fourth-order valence-electron chi connectivity index (χ4n) is 2.42. The molecule has 1 aliphatic rings. The van der Waals surface area contributed by atoms with Crippen LogP contribution in [0.2, 0.25) is 0 Å². The van der Waals surface area contributed by atoms with Crippen LogP contribution in [-0.2, 0) is 7.05 Å². The van der Waals surface area contributed by atoms with Crippen LogP contribution in [0.4, 0.5) is 0 Å². The monoisotopic (exact) mass is 253 g/mol. The SMILES string of the molecule is Cc1ncc(C(N)CSC2CCCCC2)n1C. The first kappa shape index (κ1) is 13.0. The average molecular weight is 253 g/mol. The summed E-state index contributed by atoms with van der Waals surface area (Å²) in [4.78, 5) is 4.31. The van der Waals surface area contributed by atoms with Crippen LogP contribution in [-0.4, -0.2) is 20.6 Å². The molecule has 4 heteroatoms. The number of nitrogens with zero attached hydrogens (tertiary/aromatic N) is 2. The van der Waals surface area contributed by atoms with Crippen molar-refractivity contribution in [2.45, 2.75) is 50.3 Å². The molecule has 1 unspecified atom stereocenters. The van der Waals surface area contributed by atoms with Crippen LogP contribution in [0.15, 0.2) is 6.20 Å². The molecule has 1 aliphatic carbocycles. The molecule has 1 atom stereocenters. The highest BCUT2D eigenvalue weighted by molar-refractivity contribution is 7.99. The van der Waals surface area contributed by atoms with Gasteiger partial charge in [-0.15, -0.1) is 0 Å². The molecular formula is C13H23N3S. The summed E-state index contributed by atoms with van der Waals surface area (Å²) in [6.07, 6.45) is 8.89. The van der Waals surface area contributed by atoms with Gasteiger partial charge in [0.15, 0.2) is 0 Å². The molecule has 0 bridgehead atoms. The van der Waals surface area contributed by atoms with Crippen molar-refractivity contribution in [1.29, 1.82) is 0 Å². The molecule has 1 fully saturated rings. The number of aryl methyl sites for hydroxylation is 1. The van der Waals surface area contributed by atoms with E-state index in [1.54, 1.807) is 0 Å². The maximum atomic E-state index is 6.24. The van der Waals surface area contributed by atoms with E-state index in [1.807, 2.05) is 20.2 Å². The summed E-state index contributed by atoms with van der Waals surface area (Å²) in [5, 5.41) is 0.837. The third kappa shape index (κ3) is 3.26. The molecule has 2 N–H and O–H groups in total. The Morgan fingerprint density at radius 3 is 2.76 bits per heavy atom. The van der Waals surface area contributed by atoms with Gasteiger partial charge in [-0.1, -0.05) is 19.3 Å². The minimum atomic E-state index is 0.119. The Bertz CT molecular complexity index is 356. The van der Waals surface area contributed by atoms with Crippen molar-refractivity contribution in [3.63, 3.8) is 0 Å². The van der Waals surface area contributed by atoms with E-state index in [0.29, 0.717) is 0 Å². The van der Waals surface area contributed by atoms with E-state index >= 15 is 0 Å². The largest absolute Gasteiger partial charge is 0.334 e. The summed E-state index contributed by atoms with van der Waals surface area (Å²) in [7, 11) is 2.04. The second-order valence-corrected chi connectivity index (χ2v) is 6.32. The Labute approximate surface area is 108 Å². The van der Waals surface area contributed by atoms with Crippen molar-refractivity contribution < 1.29 is 0 Å². The van der Waals surface area contributed by atoms with Gasteiger partial charge in [0.1, 0.15) is 5.82 Å². The molecule has 1 aromatic rings. The fraction of sp³-hybridized carbons (Fsp3) is 0.769. The van der Waals surface area contributed by atoms with Gasteiger partial charge in [-0.3, -0.25) is 0 Å². The quantitative estimate of drug-likeness (QED) is 0.897. The van der Waals surface area contributed by atoms with Gasteiger partial charge in [0.2, 0.25) is 0 Å². The van der Waals surface area contributed by atoms with Crippen molar-refractivity contribution in [2.24, 2.45) is 12.8 Å². The molecule has 1 heterocycles. The van der Waals surface area contributed by atoms with Crippen molar-refractivity contribution in [1.82, 2.24) is 9.55 Å². The van der Waals surface area contributed by atoms with Gasteiger partial charge in [0.25, 0.3) is 0 Å². The van der Waals surface area contributed by atoms with Crippen LogP contribution >= 0.6 is 11.8 Å². The summed E-state index contributed by atoms with van der Waals surface area (Å²) in [5.74, 6) is 2.06. The Morgan fingerprint density at radius 2 is 2.18 bits per heavy atom. The predicted molar refractivity (Wildman–Crippen MR) is 74.2 cm³/mol. The molecule has 0 aliphatic heterocycles. The van der Waals surface area contributed by atoms with Gasteiger partial charge in [-0.25, -0.2) is 4.98 Å². The minimum Gasteiger partial charge on any atom is -0.334 e. The first-order valence-electron chi connectivity index (χ1n) is 6.54. The van der Waals surface area contributed by atoms with Crippen LogP contribution in [0.5, 0.6) is 0 Å². The number of hydrogen-bond acceptors (Lipinski definition) is 3. The van der Waals surface area contributed by atoms with Gasteiger partial charge >= 0.3 is 0 Å². The highest BCUT2D eigenvalue weighted by Crippen LogP contribution is 2.30. The molecular weight excluding hydrogens is 230 g/mol. The zero-order valence-corrected chi connectivity index (χ0v) is 11.7. The smallest absolute Gasteiger partial charge is 0.105 e. The van der Waals surface area contributed by atoms with Crippen LogP contribution in [0, 0.1) is 6.92 Å². The van der Waals surface area contributed by atoms with E-state index in [-0.39, 0.29) is 6.04 Å². The van der Waals surface area contributed by atoms with Gasteiger partial charge in [0, 0.05) is 18.1 Å². The van der Waals surface area contributed by atoms with Gasteiger partial charge in [0.05, 0.1) is 17.9 Å². The first-order chi connectivity index (χ1) is 8.18. The number of nitrogens with two attached hydrogens (primary N) is 1. The van der Waals surface area contributed by atoms with Crippen LogP contribution in [0.3, 0.4) is 0 Å². The third-order valence-electron chi connectivity index (χ3n) is 3.70. The Morgan fingerprint density at radius 1 is 1.47 bits per heavy atom. The molecule has 1 saturated carbocycles. The lowest BCUT2D eigenvalue weighted by molar-refractivity contribution is 0.515. The number of imidazole rings is 1. The molecule has 0 radical (unpaired) electrons. The van der Waals surface area contributed by atoms with E-state index in [2.05, 4.69) is 21.3 Å². The lowest BCUT2D eigenvalue weighted by atomic mass is 10.0. The van der Waals surface area contributed by atoms with E-state index in [4.69, 9.17) is 5.73 Å². The molecule has 1 aromatic heterocycles. The standard InChI is InChI=1S/C13H23N3S/c1-10-15-8-13(16(10)2)12(14)9-17-11-6-4-3-5-7-11/h8,11-12H,3-7,9,14H2,1-2H3. The third-order valence-corrected chi connectivity index (χ3v) is 5.19. The molecule has 3 nitrogen and oxygen atoms in total. The van der Waals surface area contributed by atoms with E-state index in [9.17, 15) is 0 Å². The van der Waals surface area contributed by atoms with Crippen molar-refractivity contribution >= 4 is 11.8 Å². The van der Waals surface area contributed by atoms with Crippen molar-refractivity contribution in [2.75, 3.05) is 5.75 Å². The minimum absolute atomic E-state index is 0.119. The molecule has 0 saturated heterocycles. The summed E-state index contributed by atoms with van der Waals surface area (Å²) in [6.45, 7) is 2.02. The van der Waals surface area contributed by atoms with Gasteiger partial charge < -0.3 is 10.3 Å². The zero-order chi connectivity index (χ0) is 12.3. The van der Waals surface area contributed by atoms with E-state index < -0.39 is 0 Å². The Balaban J connectivity index is 1.84. The van der Waals surface area contributed by atoms with Gasteiger partial charge in [-0.05, 0) is 19.8 Å². The van der Waals surface area contributed by atoms with E-state index in [1.165, 1.54) is 32.1 Å². The molecule has 17 heavy (non-hydrogen) atoms. The predicted octanol–water partition coefficient (Wildman–Crippen LogP) is 2.79. The second kappa shape index (κ2) is 5.91. The lowest BCUT2D eigenvalue weighted by Crippen LogP contribution is -2.19. The number of thioether (sulfide) groups is 1. The van der Waals surface area contributed by atoms with Crippen LogP contribution in [0.25, 0.3) is 0 Å². The first-order valence-corrected chi connectivity index (χ1v) is 7.58. The molecule has 0 amide bonds. The number of rotatable bonds is 4. The number of aromatic nitrogens is 2. The number of hydrogen-bond donors (Lipinski definition) is 1. The Kier molecular flexibility index (Phi) is 4.51. The highest BCUT2D eigenvalue weighted by atomic mass is 32.2. The average Bonchev–Trinajstić information content (AvgIpc) is 2.69. The zero-order valence-electron chi connectivity index (χ0n) is 10.9. The second-order valence-electron chi connectivity index (χ2n) is 4.99. The van der Waals surface area contributed by atoms with E-state index in [0.717, 1.165) is 22.5 Å². The van der Waals surface area contributed by atoms with Gasteiger partial charge in [-0.2, -0.15) is 11.8 Å². The lowest BCUT2D eigenvalue weighted by Gasteiger charge is -2.22. The summed E-state index contributed by atoms with van der Waals surface area (Å²) in [6, 6.07) is 0.119. The fourth-order valence-corrected chi connectivity index (χ4v) is 3.74.